The maximum Gasteiger partial charge on any atom is 0.233 e. The van der Waals surface area contributed by atoms with E-state index in [1.165, 1.54) is 11.8 Å². The van der Waals surface area contributed by atoms with Crippen molar-refractivity contribution in [2.75, 3.05) is 23.8 Å². The fourth-order valence-electron chi connectivity index (χ4n) is 4.48. The molecule has 1 aliphatic rings. The first-order chi connectivity index (χ1) is 16.0. The van der Waals surface area contributed by atoms with Gasteiger partial charge in [0.25, 0.3) is 0 Å². The maximum absolute atomic E-state index is 13.3. The number of fused-ring (bicyclic) bond motifs is 5. The summed E-state index contributed by atoms with van der Waals surface area (Å²) in [5.41, 5.74) is 3.48. The van der Waals surface area contributed by atoms with E-state index < -0.39 is 9.84 Å². The van der Waals surface area contributed by atoms with E-state index in [0.717, 1.165) is 40.4 Å². The molecule has 1 atom stereocenters. The minimum atomic E-state index is -3.06. The highest BCUT2D eigenvalue weighted by molar-refractivity contribution is 7.99. The van der Waals surface area contributed by atoms with Crippen molar-refractivity contribution < 1.29 is 13.2 Å². The van der Waals surface area contributed by atoms with Crippen molar-refractivity contribution in [3.8, 4) is 0 Å². The van der Waals surface area contributed by atoms with Crippen LogP contribution in [0.5, 0.6) is 0 Å². The van der Waals surface area contributed by atoms with Crippen LogP contribution in [0.25, 0.3) is 27.6 Å². The number of unbranched alkanes of at least 4 members (excludes halogenated alkanes) is 1. The third-order valence-electron chi connectivity index (χ3n) is 6.16. The number of hydrogen-bond acceptors (Lipinski definition) is 6. The average molecular weight is 483 g/mol. The fraction of sp³-hybridized carbons (Fsp3) is 0.375. The number of sulfone groups is 1. The normalized spacial score (nSPS) is 17.8. The van der Waals surface area contributed by atoms with Gasteiger partial charge in [0.05, 0.1) is 33.8 Å². The van der Waals surface area contributed by atoms with Crippen LogP contribution in [0.4, 0.5) is 0 Å². The van der Waals surface area contributed by atoms with Crippen molar-refractivity contribution in [3.63, 3.8) is 0 Å². The SMILES string of the molecule is CCCCN(C(=O)CSc1nc2ccccc2c2nc3ccccc3n12)C1CCS(=O)(=O)C1. The number of amides is 1. The van der Waals surface area contributed by atoms with Gasteiger partial charge in [0.15, 0.2) is 15.0 Å². The molecule has 0 spiro atoms. The van der Waals surface area contributed by atoms with Crippen LogP contribution in [0.2, 0.25) is 0 Å². The van der Waals surface area contributed by atoms with Crippen LogP contribution in [0, 0.1) is 0 Å². The van der Waals surface area contributed by atoms with E-state index in [1.54, 1.807) is 4.90 Å². The van der Waals surface area contributed by atoms with Crippen LogP contribution in [-0.2, 0) is 14.6 Å². The summed E-state index contributed by atoms with van der Waals surface area (Å²) in [4.78, 5) is 24.8. The van der Waals surface area contributed by atoms with Gasteiger partial charge in [-0.2, -0.15) is 0 Å². The molecule has 2 aromatic carbocycles. The quantitative estimate of drug-likeness (QED) is 0.293. The zero-order chi connectivity index (χ0) is 23.0. The molecule has 1 saturated heterocycles. The number of rotatable bonds is 7. The zero-order valence-corrected chi connectivity index (χ0v) is 20.1. The summed E-state index contributed by atoms with van der Waals surface area (Å²) < 4.78 is 26.1. The molecule has 0 N–H and O–H groups in total. The minimum absolute atomic E-state index is 0.0388. The first-order valence-corrected chi connectivity index (χ1v) is 14.1. The Balaban J connectivity index is 1.48. The van der Waals surface area contributed by atoms with E-state index >= 15 is 0 Å². The predicted molar refractivity (Wildman–Crippen MR) is 132 cm³/mol. The van der Waals surface area contributed by atoms with Gasteiger partial charge in [0, 0.05) is 18.0 Å². The molecule has 172 valence electrons. The number of imidazole rings is 1. The Morgan fingerprint density at radius 3 is 2.64 bits per heavy atom. The summed E-state index contributed by atoms with van der Waals surface area (Å²) in [6.45, 7) is 2.66. The van der Waals surface area contributed by atoms with Gasteiger partial charge in [-0.3, -0.25) is 9.20 Å². The molecule has 1 amide bonds. The van der Waals surface area contributed by atoms with E-state index in [-0.39, 0.29) is 29.2 Å². The molecule has 0 radical (unpaired) electrons. The van der Waals surface area contributed by atoms with Crippen LogP contribution in [0.1, 0.15) is 26.2 Å². The van der Waals surface area contributed by atoms with Gasteiger partial charge < -0.3 is 4.90 Å². The van der Waals surface area contributed by atoms with Crippen molar-refractivity contribution in [2.24, 2.45) is 0 Å². The van der Waals surface area contributed by atoms with Crippen LogP contribution in [0.15, 0.2) is 53.7 Å². The summed E-state index contributed by atoms with van der Waals surface area (Å²) in [5, 5.41) is 1.67. The fourth-order valence-corrected chi connectivity index (χ4v) is 7.11. The number of nitrogens with zero attached hydrogens (tertiary/aromatic N) is 4. The molecule has 3 heterocycles. The average Bonchev–Trinajstić information content (AvgIpc) is 3.38. The van der Waals surface area contributed by atoms with Crippen molar-refractivity contribution in [1.29, 1.82) is 0 Å². The van der Waals surface area contributed by atoms with E-state index in [2.05, 4.69) is 6.92 Å². The molecule has 5 rings (SSSR count). The van der Waals surface area contributed by atoms with Gasteiger partial charge in [-0.05, 0) is 37.1 Å². The number of carbonyl (C=O) groups excluding carboxylic acids is 1. The Hall–Kier alpha value is -2.65. The van der Waals surface area contributed by atoms with Gasteiger partial charge in [-0.1, -0.05) is 49.4 Å². The molecule has 0 saturated carbocycles. The molecular formula is C24H26N4O3S2. The lowest BCUT2D eigenvalue weighted by atomic mass is 10.2. The number of benzene rings is 2. The van der Waals surface area contributed by atoms with E-state index in [1.807, 2.05) is 52.9 Å². The van der Waals surface area contributed by atoms with Crippen molar-refractivity contribution in [3.05, 3.63) is 48.5 Å². The Kier molecular flexibility index (Phi) is 6.01. The Labute approximate surface area is 197 Å². The van der Waals surface area contributed by atoms with Crippen LogP contribution in [0.3, 0.4) is 0 Å². The topological polar surface area (TPSA) is 84.6 Å². The van der Waals surface area contributed by atoms with Crippen molar-refractivity contribution in [1.82, 2.24) is 19.3 Å². The maximum atomic E-state index is 13.3. The van der Waals surface area contributed by atoms with E-state index in [9.17, 15) is 13.2 Å². The lowest BCUT2D eigenvalue weighted by Crippen LogP contribution is -2.42. The van der Waals surface area contributed by atoms with E-state index in [0.29, 0.717) is 18.1 Å². The smallest absolute Gasteiger partial charge is 0.233 e. The molecule has 0 aliphatic carbocycles. The molecule has 1 fully saturated rings. The second-order valence-electron chi connectivity index (χ2n) is 8.46. The minimum Gasteiger partial charge on any atom is -0.338 e. The first-order valence-electron chi connectivity index (χ1n) is 11.3. The van der Waals surface area contributed by atoms with Gasteiger partial charge >= 0.3 is 0 Å². The second kappa shape index (κ2) is 8.95. The zero-order valence-electron chi connectivity index (χ0n) is 18.5. The molecule has 1 unspecified atom stereocenters. The second-order valence-corrected chi connectivity index (χ2v) is 11.6. The van der Waals surface area contributed by atoms with Crippen LogP contribution < -0.4 is 0 Å². The Bertz CT molecular complexity index is 1450. The summed E-state index contributed by atoms with van der Waals surface area (Å²) in [7, 11) is -3.06. The number of para-hydroxylation sites is 3. The highest BCUT2D eigenvalue weighted by Crippen LogP contribution is 2.29. The molecule has 1 aliphatic heterocycles. The van der Waals surface area contributed by atoms with Gasteiger partial charge in [-0.25, -0.2) is 18.4 Å². The van der Waals surface area contributed by atoms with E-state index in [4.69, 9.17) is 9.97 Å². The lowest BCUT2D eigenvalue weighted by molar-refractivity contribution is -0.130. The van der Waals surface area contributed by atoms with Crippen LogP contribution >= 0.6 is 11.8 Å². The van der Waals surface area contributed by atoms with Crippen LogP contribution in [-0.4, -0.2) is 63.4 Å². The third kappa shape index (κ3) is 4.31. The summed E-state index contributed by atoms with van der Waals surface area (Å²) in [5.74, 6) is 0.391. The Morgan fingerprint density at radius 1 is 1.12 bits per heavy atom. The highest BCUT2D eigenvalue weighted by Gasteiger charge is 2.34. The summed E-state index contributed by atoms with van der Waals surface area (Å²) in [6.07, 6.45) is 2.33. The molecule has 33 heavy (non-hydrogen) atoms. The van der Waals surface area contributed by atoms with Gasteiger partial charge in [-0.15, -0.1) is 0 Å². The highest BCUT2D eigenvalue weighted by atomic mass is 32.2. The molecule has 4 aromatic rings. The Morgan fingerprint density at radius 2 is 1.88 bits per heavy atom. The lowest BCUT2D eigenvalue weighted by Gasteiger charge is -2.28. The molecule has 7 nitrogen and oxygen atoms in total. The third-order valence-corrected chi connectivity index (χ3v) is 8.83. The molecule has 0 bridgehead atoms. The molecule has 9 heteroatoms. The van der Waals surface area contributed by atoms with Gasteiger partial charge in [0.1, 0.15) is 5.65 Å². The number of thioether (sulfide) groups is 1. The van der Waals surface area contributed by atoms with Gasteiger partial charge in [0.2, 0.25) is 5.91 Å². The predicted octanol–water partition coefficient (Wildman–Crippen LogP) is 3.94. The molecular weight excluding hydrogens is 456 g/mol. The largest absolute Gasteiger partial charge is 0.338 e. The summed E-state index contributed by atoms with van der Waals surface area (Å²) in [6, 6.07) is 15.6. The molecule has 2 aromatic heterocycles. The van der Waals surface area contributed by atoms with Crippen molar-refractivity contribution >= 4 is 55.1 Å². The summed E-state index contributed by atoms with van der Waals surface area (Å²) >= 11 is 1.38. The van der Waals surface area contributed by atoms with Crippen molar-refractivity contribution in [2.45, 2.75) is 37.4 Å². The number of aromatic nitrogens is 3. The monoisotopic (exact) mass is 482 g/mol. The first kappa shape index (κ1) is 22.2. The standard InChI is InChI=1S/C24H26N4O3S2/c1-2-3-13-27(17-12-14-33(30,31)16-17)22(29)15-32-24-26-19-9-5-4-8-18(19)23-25-20-10-6-7-11-21(20)28(23)24/h4-11,17H,2-3,12-16H2,1H3. The number of carbonyl (C=O) groups is 1. The number of hydrogen-bond donors (Lipinski definition) is 0.